The number of fused-ring (bicyclic) bond motifs is 1. The van der Waals surface area contributed by atoms with E-state index in [9.17, 15) is 4.79 Å². The minimum absolute atomic E-state index is 0.0984. The van der Waals surface area contributed by atoms with Gasteiger partial charge in [-0.1, -0.05) is 18.2 Å². The fourth-order valence-corrected chi connectivity index (χ4v) is 1.20. The molecule has 0 atom stereocenters. The maximum absolute atomic E-state index is 11.1. The zero-order chi connectivity index (χ0) is 9.26. The molecule has 0 bridgehead atoms. The first-order valence-electron chi connectivity index (χ1n) is 3.75. The molecule has 2 rings (SSSR count). The molecule has 0 amide bonds. The van der Waals surface area contributed by atoms with Crippen molar-refractivity contribution in [2.24, 2.45) is 0 Å². The molecule has 0 unspecified atom stereocenters. The van der Waals surface area contributed by atoms with Crippen molar-refractivity contribution in [2.45, 2.75) is 0 Å². The molecule has 0 saturated carbocycles. The van der Waals surface area contributed by atoms with E-state index < -0.39 is 5.56 Å². The number of benzene rings is 1. The highest BCUT2D eigenvalue weighted by molar-refractivity contribution is 5.79. The van der Waals surface area contributed by atoms with E-state index in [1.165, 1.54) is 6.07 Å². The van der Waals surface area contributed by atoms with Crippen LogP contribution in [0.5, 0.6) is 5.75 Å². The molecule has 2 aromatic rings. The molecule has 0 aliphatic carbocycles. The highest BCUT2D eigenvalue weighted by Crippen LogP contribution is 2.13. The third-order valence-corrected chi connectivity index (χ3v) is 1.82. The summed E-state index contributed by atoms with van der Waals surface area (Å²) in [6.45, 7) is 0. The lowest BCUT2D eigenvalue weighted by Gasteiger charge is -1.98. The first-order chi connectivity index (χ1) is 6.31. The van der Waals surface area contributed by atoms with Gasteiger partial charge in [-0.3, -0.25) is 4.79 Å². The molecule has 0 fully saturated rings. The topological polar surface area (TPSA) is 62.3 Å². The van der Waals surface area contributed by atoms with E-state index in [-0.39, 0.29) is 5.75 Å². The normalized spacial score (nSPS) is 10.2. The van der Waals surface area contributed by atoms with Crippen LogP contribution in [0.2, 0.25) is 0 Å². The molecular formula is C9H7NO3. The molecule has 13 heavy (non-hydrogen) atoms. The highest BCUT2D eigenvalue weighted by Gasteiger charge is 2.01. The maximum Gasteiger partial charge on any atom is 0.294 e. The van der Waals surface area contributed by atoms with Gasteiger partial charge in [0, 0.05) is 10.9 Å². The summed E-state index contributed by atoms with van der Waals surface area (Å²) in [6.07, 6.45) is 0. The van der Waals surface area contributed by atoms with E-state index in [0.717, 1.165) is 5.39 Å². The number of rotatable bonds is 1. The molecule has 1 aromatic heterocycles. The highest BCUT2D eigenvalue weighted by atomic mass is 17.1. The van der Waals surface area contributed by atoms with Crippen LogP contribution in [0.3, 0.4) is 0 Å². The number of aromatic nitrogens is 1. The summed E-state index contributed by atoms with van der Waals surface area (Å²) in [5, 5.41) is 9.17. The molecule has 0 radical (unpaired) electrons. The summed E-state index contributed by atoms with van der Waals surface area (Å²) in [7, 11) is 0. The molecule has 66 valence electrons. The van der Waals surface area contributed by atoms with Crippen molar-refractivity contribution in [2.75, 3.05) is 0 Å². The zero-order valence-electron chi connectivity index (χ0n) is 6.65. The van der Waals surface area contributed by atoms with E-state index in [4.69, 9.17) is 5.26 Å². The number of nitrogens with one attached hydrogen (secondary N) is 1. The fourth-order valence-electron chi connectivity index (χ4n) is 1.20. The van der Waals surface area contributed by atoms with Crippen molar-refractivity contribution < 1.29 is 10.1 Å². The van der Waals surface area contributed by atoms with E-state index in [1.54, 1.807) is 6.07 Å². The zero-order valence-corrected chi connectivity index (χ0v) is 6.65. The lowest BCUT2D eigenvalue weighted by Crippen LogP contribution is -2.08. The lowest BCUT2D eigenvalue weighted by atomic mass is 10.2. The van der Waals surface area contributed by atoms with Crippen LogP contribution < -0.4 is 10.4 Å². The van der Waals surface area contributed by atoms with Crippen LogP contribution in [-0.4, -0.2) is 10.2 Å². The van der Waals surface area contributed by atoms with Gasteiger partial charge < -0.3 is 9.87 Å². The van der Waals surface area contributed by atoms with Gasteiger partial charge in [0.15, 0.2) is 0 Å². The van der Waals surface area contributed by atoms with Gasteiger partial charge in [-0.25, -0.2) is 5.26 Å². The first-order valence-corrected chi connectivity index (χ1v) is 3.75. The van der Waals surface area contributed by atoms with Crippen LogP contribution in [0.4, 0.5) is 0 Å². The first kappa shape index (κ1) is 7.82. The molecular weight excluding hydrogens is 170 g/mol. The van der Waals surface area contributed by atoms with Crippen LogP contribution in [0.15, 0.2) is 35.1 Å². The SMILES string of the molecule is O=c1[nH]c2ccccc2cc1OO. The van der Waals surface area contributed by atoms with E-state index in [0.29, 0.717) is 5.52 Å². The number of para-hydroxylation sites is 1. The van der Waals surface area contributed by atoms with E-state index in [1.807, 2.05) is 18.2 Å². The Morgan fingerprint density at radius 1 is 1.31 bits per heavy atom. The van der Waals surface area contributed by atoms with E-state index >= 15 is 0 Å². The van der Waals surface area contributed by atoms with Gasteiger partial charge in [0.05, 0.1) is 0 Å². The van der Waals surface area contributed by atoms with Crippen molar-refractivity contribution in [3.8, 4) is 5.75 Å². The maximum atomic E-state index is 11.1. The van der Waals surface area contributed by atoms with Gasteiger partial charge >= 0.3 is 0 Å². The summed E-state index contributed by atoms with van der Waals surface area (Å²) in [5.41, 5.74) is 0.273. The van der Waals surface area contributed by atoms with Crippen molar-refractivity contribution >= 4 is 10.9 Å². The quantitative estimate of drug-likeness (QED) is 0.511. The standard InChI is InChI=1S/C9H7NO3/c11-9-8(13-12)5-6-3-1-2-4-7(6)10-9/h1-5,12H,(H,10,11). The molecule has 0 aliphatic heterocycles. The Labute approximate surface area is 73.3 Å². The monoisotopic (exact) mass is 177 g/mol. The average molecular weight is 177 g/mol. The van der Waals surface area contributed by atoms with Gasteiger partial charge in [-0.2, -0.15) is 0 Å². The van der Waals surface area contributed by atoms with Crippen LogP contribution in [0.25, 0.3) is 10.9 Å². The number of aromatic amines is 1. The molecule has 4 heteroatoms. The second kappa shape index (κ2) is 2.91. The molecule has 1 aromatic carbocycles. The number of H-pyrrole nitrogens is 1. The third kappa shape index (κ3) is 1.27. The van der Waals surface area contributed by atoms with Crippen molar-refractivity contribution in [3.63, 3.8) is 0 Å². The van der Waals surface area contributed by atoms with Gasteiger partial charge in [-0.15, -0.1) is 0 Å². The largest absolute Gasteiger partial charge is 0.334 e. The van der Waals surface area contributed by atoms with Crippen LogP contribution in [0.1, 0.15) is 0 Å². The molecule has 4 nitrogen and oxygen atoms in total. The Kier molecular flexibility index (Phi) is 1.75. The van der Waals surface area contributed by atoms with Gasteiger partial charge in [0.2, 0.25) is 5.75 Å². The Morgan fingerprint density at radius 2 is 2.08 bits per heavy atom. The smallest absolute Gasteiger partial charge is 0.294 e. The summed E-state index contributed by atoms with van der Waals surface area (Å²) >= 11 is 0. The van der Waals surface area contributed by atoms with Crippen molar-refractivity contribution in [3.05, 3.63) is 40.7 Å². The molecule has 0 aliphatic rings. The van der Waals surface area contributed by atoms with E-state index in [2.05, 4.69) is 9.87 Å². The third-order valence-electron chi connectivity index (χ3n) is 1.82. The minimum Gasteiger partial charge on any atom is -0.334 e. The number of hydrogen-bond donors (Lipinski definition) is 2. The number of hydrogen-bond acceptors (Lipinski definition) is 3. The lowest BCUT2D eigenvalue weighted by molar-refractivity contribution is -0.138. The molecule has 2 N–H and O–H groups in total. The predicted molar refractivity (Wildman–Crippen MR) is 47.8 cm³/mol. The minimum atomic E-state index is -0.443. The fraction of sp³-hybridized carbons (Fsp3) is 0. The second-order valence-electron chi connectivity index (χ2n) is 2.64. The van der Waals surface area contributed by atoms with Crippen molar-refractivity contribution in [1.82, 2.24) is 4.98 Å². The average Bonchev–Trinajstić information content (AvgIpc) is 2.17. The van der Waals surface area contributed by atoms with Crippen LogP contribution in [-0.2, 0) is 0 Å². The van der Waals surface area contributed by atoms with Gasteiger partial charge in [0.1, 0.15) is 0 Å². The van der Waals surface area contributed by atoms with Gasteiger partial charge in [-0.05, 0) is 12.1 Å². The van der Waals surface area contributed by atoms with Crippen LogP contribution >= 0.6 is 0 Å². The molecule has 0 saturated heterocycles. The van der Waals surface area contributed by atoms with Crippen molar-refractivity contribution in [1.29, 1.82) is 0 Å². The van der Waals surface area contributed by atoms with Crippen LogP contribution in [0, 0.1) is 0 Å². The summed E-state index contributed by atoms with van der Waals surface area (Å²) in [5.74, 6) is -0.0984. The Bertz CT molecular complexity index is 489. The number of pyridine rings is 1. The summed E-state index contributed by atoms with van der Waals surface area (Å²) in [6, 6.07) is 8.72. The predicted octanol–water partition coefficient (Wildman–Crippen LogP) is 1.38. The Morgan fingerprint density at radius 3 is 2.85 bits per heavy atom. The molecule has 0 spiro atoms. The Balaban J connectivity index is 2.81. The molecule has 1 heterocycles. The summed E-state index contributed by atoms with van der Waals surface area (Å²) in [4.78, 5) is 17.6. The summed E-state index contributed by atoms with van der Waals surface area (Å²) < 4.78 is 0. The second-order valence-corrected chi connectivity index (χ2v) is 2.64. The van der Waals surface area contributed by atoms with Gasteiger partial charge in [0.25, 0.3) is 5.56 Å². The Hall–Kier alpha value is -1.81.